The van der Waals surface area contributed by atoms with E-state index in [-0.39, 0.29) is 28.8 Å². The molecule has 0 aromatic heterocycles. The number of nitrogens with one attached hydrogen (secondary N) is 1. The first kappa shape index (κ1) is 15.3. The number of amides is 2. The molecule has 0 saturated carbocycles. The van der Waals surface area contributed by atoms with E-state index in [0.29, 0.717) is 19.6 Å². The summed E-state index contributed by atoms with van der Waals surface area (Å²) in [5.41, 5.74) is -0.654. The highest BCUT2D eigenvalue weighted by atomic mass is 16.5. The first-order chi connectivity index (χ1) is 9.20. The van der Waals surface area contributed by atoms with Gasteiger partial charge in [-0.05, 0) is 25.2 Å². The maximum atomic E-state index is 12.9. The van der Waals surface area contributed by atoms with E-state index in [0.717, 1.165) is 6.42 Å². The number of hydrogen-bond donors (Lipinski definition) is 1. The van der Waals surface area contributed by atoms with Crippen LogP contribution in [0.1, 0.15) is 47.5 Å². The zero-order valence-electron chi connectivity index (χ0n) is 13.2. The molecule has 0 radical (unpaired) electrons. The van der Waals surface area contributed by atoms with Gasteiger partial charge in [-0.1, -0.05) is 27.7 Å². The van der Waals surface area contributed by atoms with Crippen molar-refractivity contribution in [3.8, 4) is 0 Å². The average molecular weight is 282 g/mol. The maximum absolute atomic E-state index is 12.9. The molecule has 114 valence electrons. The van der Waals surface area contributed by atoms with Gasteiger partial charge in [0.1, 0.15) is 12.1 Å². The van der Waals surface area contributed by atoms with Gasteiger partial charge in [-0.3, -0.25) is 9.59 Å². The van der Waals surface area contributed by atoms with Gasteiger partial charge < -0.3 is 15.0 Å². The van der Waals surface area contributed by atoms with Crippen LogP contribution >= 0.6 is 0 Å². The van der Waals surface area contributed by atoms with Crippen molar-refractivity contribution < 1.29 is 14.3 Å². The van der Waals surface area contributed by atoms with Gasteiger partial charge in [-0.25, -0.2) is 0 Å². The van der Waals surface area contributed by atoms with E-state index in [9.17, 15) is 9.59 Å². The summed E-state index contributed by atoms with van der Waals surface area (Å²) in [7, 11) is 0. The lowest BCUT2D eigenvalue weighted by molar-refractivity contribution is -0.160. The Morgan fingerprint density at radius 2 is 2.05 bits per heavy atom. The van der Waals surface area contributed by atoms with Crippen LogP contribution in [0.4, 0.5) is 0 Å². The summed E-state index contributed by atoms with van der Waals surface area (Å²) >= 11 is 0. The minimum absolute atomic E-state index is 0.0250. The third-order valence-corrected chi connectivity index (χ3v) is 4.42. The summed E-state index contributed by atoms with van der Waals surface area (Å²) in [6, 6.07) is -0.844. The molecule has 0 aliphatic carbocycles. The van der Waals surface area contributed by atoms with E-state index in [1.165, 1.54) is 0 Å². The number of hydrogen-bond acceptors (Lipinski definition) is 3. The summed E-state index contributed by atoms with van der Waals surface area (Å²) in [6.45, 7) is 11.1. The highest BCUT2D eigenvalue weighted by Gasteiger charge is 2.51. The Labute approximate surface area is 121 Å². The largest absolute Gasteiger partial charge is 0.379 e. The van der Waals surface area contributed by atoms with Crippen LogP contribution in [-0.2, 0) is 14.3 Å². The smallest absolute Gasteiger partial charge is 0.246 e. The molecule has 2 aliphatic heterocycles. The van der Waals surface area contributed by atoms with Crippen LogP contribution in [0.2, 0.25) is 0 Å². The van der Waals surface area contributed by atoms with Crippen molar-refractivity contribution in [1.29, 1.82) is 0 Å². The van der Waals surface area contributed by atoms with Crippen molar-refractivity contribution in [2.24, 2.45) is 5.41 Å². The first-order valence-corrected chi connectivity index (χ1v) is 7.42. The molecule has 0 bridgehead atoms. The third-order valence-electron chi connectivity index (χ3n) is 4.42. The molecule has 0 spiro atoms. The molecule has 2 rings (SSSR count). The van der Waals surface area contributed by atoms with Gasteiger partial charge in [-0.2, -0.15) is 0 Å². The Kier molecular flexibility index (Phi) is 3.84. The predicted octanol–water partition coefficient (Wildman–Crippen LogP) is 1.32. The first-order valence-electron chi connectivity index (χ1n) is 7.42. The highest BCUT2D eigenvalue weighted by molar-refractivity contribution is 5.97. The topological polar surface area (TPSA) is 58.6 Å². The number of nitrogens with zero attached hydrogens (tertiary/aromatic N) is 1. The lowest BCUT2D eigenvalue weighted by atomic mass is 9.81. The van der Waals surface area contributed by atoms with Gasteiger partial charge in [0.15, 0.2) is 0 Å². The molecule has 3 atom stereocenters. The molecule has 5 heteroatoms. The zero-order chi connectivity index (χ0) is 15.1. The monoisotopic (exact) mass is 282 g/mol. The molecule has 3 unspecified atom stereocenters. The Hall–Kier alpha value is -1.10. The van der Waals surface area contributed by atoms with Crippen molar-refractivity contribution >= 4 is 11.8 Å². The lowest BCUT2D eigenvalue weighted by Crippen LogP contribution is -2.71. The Morgan fingerprint density at radius 1 is 1.40 bits per heavy atom. The maximum Gasteiger partial charge on any atom is 0.246 e. The molecule has 1 N–H and O–H groups in total. The summed E-state index contributed by atoms with van der Waals surface area (Å²) in [5.74, 6) is -0.0166. The van der Waals surface area contributed by atoms with E-state index in [4.69, 9.17) is 4.74 Å². The van der Waals surface area contributed by atoms with Crippen LogP contribution < -0.4 is 5.32 Å². The Bertz CT molecular complexity index is 408. The van der Waals surface area contributed by atoms with E-state index in [1.54, 1.807) is 4.90 Å². The van der Waals surface area contributed by atoms with Gasteiger partial charge in [0, 0.05) is 6.61 Å². The minimum atomic E-state index is -0.463. The molecule has 0 aromatic rings. The standard InChI is InChI=1S/C15H26N2O3/c1-6-10-12(18)16-11(14(2,3)4)13(19)17(10)15(5)7-8-20-9-15/h10-11H,6-9H2,1-5H3,(H,16,18). The minimum Gasteiger partial charge on any atom is -0.379 e. The van der Waals surface area contributed by atoms with Gasteiger partial charge >= 0.3 is 0 Å². The quantitative estimate of drug-likeness (QED) is 0.831. The van der Waals surface area contributed by atoms with Gasteiger partial charge in [0.05, 0.1) is 12.1 Å². The molecule has 2 saturated heterocycles. The van der Waals surface area contributed by atoms with Crippen LogP contribution in [0.25, 0.3) is 0 Å². The molecule has 5 nitrogen and oxygen atoms in total. The fraction of sp³-hybridized carbons (Fsp3) is 0.867. The van der Waals surface area contributed by atoms with Crippen molar-refractivity contribution in [1.82, 2.24) is 10.2 Å². The number of ether oxygens (including phenoxy) is 1. The highest BCUT2D eigenvalue weighted by Crippen LogP contribution is 2.34. The lowest BCUT2D eigenvalue weighted by Gasteiger charge is -2.49. The predicted molar refractivity (Wildman–Crippen MR) is 76.2 cm³/mol. The van der Waals surface area contributed by atoms with Gasteiger partial charge in [0.2, 0.25) is 11.8 Å². The molecular formula is C15H26N2O3. The third kappa shape index (κ3) is 2.43. The van der Waals surface area contributed by atoms with Crippen LogP contribution in [-0.4, -0.2) is 47.6 Å². The molecule has 0 aromatic carbocycles. The number of piperazine rings is 1. The summed E-state index contributed by atoms with van der Waals surface area (Å²) < 4.78 is 5.48. The number of carbonyl (C=O) groups excluding carboxylic acids is 2. The fourth-order valence-corrected chi connectivity index (χ4v) is 3.15. The van der Waals surface area contributed by atoms with E-state index < -0.39 is 6.04 Å². The van der Waals surface area contributed by atoms with Crippen molar-refractivity contribution in [3.63, 3.8) is 0 Å². The van der Waals surface area contributed by atoms with Crippen LogP contribution in [0.5, 0.6) is 0 Å². The van der Waals surface area contributed by atoms with Crippen molar-refractivity contribution in [2.45, 2.75) is 65.1 Å². The number of rotatable bonds is 2. The SMILES string of the molecule is CCC1C(=O)NC(C(C)(C)C)C(=O)N1C1(C)CCOC1. The van der Waals surface area contributed by atoms with Gasteiger partial charge in [-0.15, -0.1) is 0 Å². The van der Waals surface area contributed by atoms with E-state index >= 15 is 0 Å². The molecule has 2 amide bonds. The second kappa shape index (κ2) is 5.02. The van der Waals surface area contributed by atoms with Crippen molar-refractivity contribution in [2.75, 3.05) is 13.2 Å². The second-order valence-electron chi connectivity index (χ2n) is 7.24. The summed E-state index contributed by atoms with van der Waals surface area (Å²) in [6.07, 6.45) is 1.42. The second-order valence-corrected chi connectivity index (χ2v) is 7.24. The van der Waals surface area contributed by atoms with Gasteiger partial charge in [0.25, 0.3) is 0 Å². The van der Waals surface area contributed by atoms with Crippen molar-refractivity contribution in [3.05, 3.63) is 0 Å². The van der Waals surface area contributed by atoms with E-state index in [2.05, 4.69) is 5.32 Å². The normalized spacial score (nSPS) is 35.4. The fourth-order valence-electron chi connectivity index (χ4n) is 3.15. The van der Waals surface area contributed by atoms with E-state index in [1.807, 2.05) is 34.6 Å². The number of carbonyl (C=O) groups is 2. The molecule has 2 fully saturated rings. The van der Waals surface area contributed by atoms with Crippen LogP contribution in [0.15, 0.2) is 0 Å². The molecule has 2 heterocycles. The Morgan fingerprint density at radius 3 is 2.50 bits per heavy atom. The molecule has 20 heavy (non-hydrogen) atoms. The average Bonchev–Trinajstić information content (AvgIpc) is 2.77. The molecule has 2 aliphatic rings. The summed E-state index contributed by atoms with van der Waals surface area (Å²) in [4.78, 5) is 27.1. The van der Waals surface area contributed by atoms with Crippen LogP contribution in [0, 0.1) is 5.41 Å². The molecular weight excluding hydrogens is 256 g/mol. The zero-order valence-corrected chi connectivity index (χ0v) is 13.2. The summed E-state index contributed by atoms with van der Waals surface area (Å²) in [5, 5.41) is 2.91. The Balaban J connectivity index is 2.38. The van der Waals surface area contributed by atoms with Crippen LogP contribution in [0.3, 0.4) is 0 Å².